The standard InChI is InChI=1S/C19H21ClN2O2S/c1-25-17-8-4-14(5-9-17)18(22-10-12-24-13-11-22)21-19(23)15-2-6-16(20)7-3-15/h2-9,18H,10-13H2,1H3,(H,21,23). The summed E-state index contributed by atoms with van der Waals surface area (Å²) in [5, 5.41) is 3.78. The van der Waals surface area contributed by atoms with Crippen molar-refractivity contribution in [2.75, 3.05) is 32.6 Å². The van der Waals surface area contributed by atoms with Crippen LogP contribution in [0.2, 0.25) is 5.02 Å². The lowest BCUT2D eigenvalue weighted by atomic mass is 10.1. The molecule has 2 aromatic carbocycles. The molecule has 6 heteroatoms. The Morgan fingerprint density at radius 1 is 1.12 bits per heavy atom. The third kappa shape index (κ3) is 4.76. The summed E-state index contributed by atoms with van der Waals surface area (Å²) in [7, 11) is 0. The number of hydrogen-bond acceptors (Lipinski definition) is 4. The molecular weight excluding hydrogens is 356 g/mol. The van der Waals surface area contributed by atoms with Crippen LogP contribution in [-0.2, 0) is 4.74 Å². The van der Waals surface area contributed by atoms with E-state index in [0.29, 0.717) is 23.8 Å². The van der Waals surface area contributed by atoms with Gasteiger partial charge in [0.1, 0.15) is 6.17 Å². The number of ether oxygens (including phenoxy) is 1. The first kappa shape index (κ1) is 18.3. The number of hydrogen-bond donors (Lipinski definition) is 1. The maximum absolute atomic E-state index is 12.7. The molecule has 132 valence electrons. The summed E-state index contributed by atoms with van der Waals surface area (Å²) in [5.74, 6) is -0.109. The summed E-state index contributed by atoms with van der Waals surface area (Å²) in [6.07, 6.45) is 1.87. The fourth-order valence-corrected chi connectivity index (χ4v) is 3.35. The second-order valence-electron chi connectivity index (χ2n) is 5.80. The van der Waals surface area contributed by atoms with Crippen molar-refractivity contribution in [3.05, 3.63) is 64.7 Å². The molecule has 25 heavy (non-hydrogen) atoms. The van der Waals surface area contributed by atoms with Gasteiger partial charge in [-0.15, -0.1) is 11.8 Å². The third-order valence-corrected chi connectivity index (χ3v) is 5.21. The van der Waals surface area contributed by atoms with Gasteiger partial charge >= 0.3 is 0 Å². The monoisotopic (exact) mass is 376 g/mol. The maximum atomic E-state index is 12.7. The van der Waals surface area contributed by atoms with E-state index in [1.165, 1.54) is 4.90 Å². The number of nitrogens with one attached hydrogen (secondary N) is 1. The minimum absolute atomic E-state index is 0.109. The number of amides is 1. The Labute approximate surface area is 157 Å². The van der Waals surface area contributed by atoms with Gasteiger partial charge in [-0.25, -0.2) is 0 Å². The van der Waals surface area contributed by atoms with E-state index < -0.39 is 0 Å². The molecule has 1 atom stereocenters. The summed E-state index contributed by atoms with van der Waals surface area (Å²) in [6, 6.07) is 15.3. The average Bonchev–Trinajstić information content (AvgIpc) is 2.67. The molecule has 1 aliphatic rings. The smallest absolute Gasteiger partial charge is 0.252 e. The molecule has 1 amide bonds. The quantitative estimate of drug-likeness (QED) is 0.805. The molecular formula is C19H21ClN2O2S. The minimum Gasteiger partial charge on any atom is -0.379 e. The van der Waals surface area contributed by atoms with Gasteiger partial charge < -0.3 is 10.1 Å². The van der Waals surface area contributed by atoms with E-state index in [0.717, 1.165) is 18.7 Å². The van der Waals surface area contributed by atoms with Crippen LogP contribution >= 0.6 is 23.4 Å². The predicted molar refractivity (Wildman–Crippen MR) is 102 cm³/mol. The number of morpholine rings is 1. The fraction of sp³-hybridized carbons (Fsp3) is 0.316. The molecule has 0 radical (unpaired) electrons. The van der Waals surface area contributed by atoms with Crippen LogP contribution in [0, 0.1) is 0 Å². The van der Waals surface area contributed by atoms with Crippen molar-refractivity contribution in [1.82, 2.24) is 10.2 Å². The van der Waals surface area contributed by atoms with Crippen molar-refractivity contribution < 1.29 is 9.53 Å². The van der Waals surface area contributed by atoms with E-state index in [4.69, 9.17) is 16.3 Å². The minimum atomic E-state index is -0.178. The zero-order chi connectivity index (χ0) is 17.6. The van der Waals surface area contributed by atoms with Crippen molar-refractivity contribution in [3.8, 4) is 0 Å². The molecule has 0 bridgehead atoms. The molecule has 3 rings (SSSR count). The summed E-state index contributed by atoms with van der Waals surface area (Å²) in [4.78, 5) is 16.1. The molecule has 1 saturated heterocycles. The normalized spacial score (nSPS) is 16.4. The molecule has 1 aliphatic heterocycles. The lowest BCUT2D eigenvalue weighted by Crippen LogP contribution is -2.46. The van der Waals surface area contributed by atoms with Crippen LogP contribution < -0.4 is 5.32 Å². The Morgan fingerprint density at radius 3 is 2.36 bits per heavy atom. The first-order valence-corrected chi connectivity index (χ1v) is 9.80. The van der Waals surface area contributed by atoms with E-state index in [1.54, 1.807) is 36.0 Å². The van der Waals surface area contributed by atoms with Crippen LogP contribution in [0.3, 0.4) is 0 Å². The highest BCUT2D eigenvalue weighted by atomic mass is 35.5. The number of halogens is 1. The molecule has 2 aromatic rings. The molecule has 1 heterocycles. The van der Waals surface area contributed by atoms with Gasteiger partial charge in [-0.3, -0.25) is 9.69 Å². The lowest BCUT2D eigenvalue weighted by molar-refractivity contribution is 0.00846. The number of rotatable bonds is 5. The van der Waals surface area contributed by atoms with Crippen LogP contribution in [0.25, 0.3) is 0 Å². The van der Waals surface area contributed by atoms with Gasteiger partial charge in [-0.1, -0.05) is 23.7 Å². The van der Waals surface area contributed by atoms with Crippen LogP contribution in [-0.4, -0.2) is 43.4 Å². The second-order valence-corrected chi connectivity index (χ2v) is 7.12. The van der Waals surface area contributed by atoms with Crippen LogP contribution in [0.15, 0.2) is 53.4 Å². The summed E-state index contributed by atoms with van der Waals surface area (Å²) >= 11 is 7.62. The lowest BCUT2D eigenvalue weighted by Gasteiger charge is -2.35. The highest BCUT2D eigenvalue weighted by Gasteiger charge is 2.24. The van der Waals surface area contributed by atoms with Crippen molar-refractivity contribution in [2.24, 2.45) is 0 Å². The number of thioether (sulfide) groups is 1. The highest BCUT2D eigenvalue weighted by molar-refractivity contribution is 7.98. The number of carbonyl (C=O) groups is 1. The van der Waals surface area contributed by atoms with Gasteiger partial charge in [-0.2, -0.15) is 0 Å². The Bertz CT molecular complexity index is 700. The van der Waals surface area contributed by atoms with Gasteiger partial charge in [0.05, 0.1) is 13.2 Å². The average molecular weight is 377 g/mol. The van der Waals surface area contributed by atoms with Gasteiger partial charge in [0.2, 0.25) is 0 Å². The Morgan fingerprint density at radius 2 is 1.76 bits per heavy atom. The first-order chi connectivity index (χ1) is 12.2. The van der Waals surface area contributed by atoms with E-state index >= 15 is 0 Å². The Hall–Kier alpha value is -1.53. The van der Waals surface area contributed by atoms with Crippen molar-refractivity contribution in [3.63, 3.8) is 0 Å². The van der Waals surface area contributed by atoms with Crippen LogP contribution in [0.1, 0.15) is 22.1 Å². The fourth-order valence-electron chi connectivity index (χ4n) is 2.82. The number of nitrogens with zero attached hydrogens (tertiary/aromatic N) is 1. The zero-order valence-electron chi connectivity index (χ0n) is 14.1. The largest absolute Gasteiger partial charge is 0.379 e. The topological polar surface area (TPSA) is 41.6 Å². The SMILES string of the molecule is CSc1ccc(C(NC(=O)c2ccc(Cl)cc2)N2CCOCC2)cc1. The molecule has 1 fully saturated rings. The second kappa shape index (κ2) is 8.72. The summed E-state index contributed by atoms with van der Waals surface area (Å²) in [5.41, 5.74) is 1.67. The van der Waals surface area contributed by atoms with Crippen molar-refractivity contribution >= 4 is 29.3 Å². The van der Waals surface area contributed by atoms with Gasteiger partial charge in [0.25, 0.3) is 5.91 Å². The van der Waals surface area contributed by atoms with Crippen molar-refractivity contribution in [2.45, 2.75) is 11.1 Å². The van der Waals surface area contributed by atoms with Crippen molar-refractivity contribution in [1.29, 1.82) is 0 Å². The molecule has 4 nitrogen and oxygen atoms in total. The van der Waals surface area contributed by atoms with Gasteiger partial charge in [0, 0.05) is 28.6 Å². The first-order valence-electron chi connectivity index (χ1n) is 8.19. The molecule has 0 aromatic heterocycles. The van der Waals surface area contributed by atoms with Gasteiger partial charge in [0.15, 0.2) is 0 Å². The molecule has 1 N–H and O–H groups in total. The Balaban J connectivity index is 1.82. The van der Waals surface area contributed by atoms with Crippen LogP contribution in [0.5, 0.6) is 0 Å². The Kier molecular flexibility index (Phi) is 6.37. The molecule has 0 saturated carbocycles. The maximum Gasteiger partial charge on any atom is 0.252 e. The molecule has 0 aliphatic carbocycles. The molecule has 1 unspecified atom stereocenters. The predicted octanol–water partition coefficient (Wildman–Crippen LogP) is 3.82. The molecule has 0 spiro atoms. The van der Waals surface area contributed by atoms with E-state index in [2.05, 4.69) is 40.7 Å². The zero-order valence-corrected chi connectivity index (χ0v) is 15.6. The number of carbonyl (C=O) groups excluding carboxylic acids is 1. The van der Waals surface area contributed by atoms with Gasteiger partial charge in [-0.05, 0) is 48.2 Å². The summed E-state index contributed by atoms with van der Waals surface area (Å²) in [6.45, 7) is 2.93. The number of benzene rings is 2. The van der Waals surface area contributed by atoms with E-state index in [1.807, 2.05) is 0 Å². The highest BCUT2D eigenvalue weighted by Crippen LogP contribution is 2.23. The summed E-state index contributed by atoms with van der Waals surface area (Å²) < 4.78 is 5.45. The van der Waals surface area contributed by atoms with Crippen LogP contribution in [0.4, 0.5) is 0 Å². The van der Waals surface area contributed by atoms with E-state index in [-0.39, 0.29) is 12.1 Å². The third-order valence-electron chi connectivity index (χ3n) is 4.22. The van der Waals surface area contributed by atoms with E-state index in [9.17, 15) is 4.79 Å².